The molecule has 0 saturated carbocycles. The number of halogens is 1. The molecule has 0 N–H and O–H groups in total. The molecule has 0 spiro atoms. The molecule has 0 aromatic heterocycles. The molecule has 0 rings (SSSR count). The van der Waals surface area contributed by atoms with Crippen molar-refractivity contribution in [3.63, 3.8) is 0 Å². The molecule has 7 heteroatoms. The minimum Gasteiger partial charge on any atom is -0.465 e. The molecule has 0 aliphatic carbocycles. The van der Waals surface area contributed by atoms with Gasteiger partial charge >= 0.3 is 14.8 Å². The topological polar surface area (TPSA) is 54.0 Å². The summed E-state index contributed by atoms with van der Waals surface area (Å²) in [7, 11) is -2.54. The third-order valence-corrected chi connectivity index (χ3v) is 6.06. The van der Waals surface area contributed by atoms with Crippen LogP contribution in [0.3, 0.4) is 0 Å². The van der Waals surface area contributed by atoms with E-state index in [4.69, 9.17) is 18.0 Å². The Labute approximate surface area is 131 Å². The summed E-state index contributed by atoms with van der Waals surface area (Å²) in [5.41, 5.74) is 0. The van der Waals surface area contributed by atoms with Gasteiger partial charge in [0.2, 0.25) is 0 Å². The summed E-state index contributed by atoms with van der Waals surface area (Å²) in [6.45, 7) is 9.76. The molecule has 0 heterocycles. The van der Waals surface area contributed by atoms with E-state index in [1.165, 1.54) is 0 Å². The van der Waals surface area contributed by atoms with E-state index in [0.717, 1.165) is 18.9 Å². The first kappa shape index (κ1) is 20.0. The maximum Gasteiger partial charge on any atom is 0.500 e. The van der Waals surface area contributed by atoms with Crippen LogP contribution < -0.4 is 0 Å². The molecule has 1 unspecified atom stereocenters. The van der Waals surface area contributed by atoms with Gasteiger partial charge in [-0.3, -0.25) is 4.79 Å². The Balaban J connectivity index is 4.09. The van der Waals surface area contributed by atoms with Crippen molar-refractivity contribution in [2.24, 2.45) is 0 Å². The zero-order valence-electron chi connectivity index (χ0n) is 12.9. The van der Waals surface area contributed by atoms with Gasteiger partial charge in [0.15, 0.2) is 0 Å². The predicted octanol–water partition coefficient (Wildman–Crippen LogP) is 3.14. The van der Waals surface area contributed by atoms with Crippen molar-refractivity contribution in [1.29, 1.82) is 0 Å². The standard InChI is InChI=1S/C13H27BrO5Si/c1-5-17-20(18-6-2,19-7-3)11-9-8-10-16-13(15)12(4)14/h12H,5-11H2,1-4H3. The van der Waals surface area contributed by atoms with Crippen LogP contribution in [0.2, 0.25) is 6.04 Å². The van der Waals surface area contributed by atoms with Gasteiger partial charge in [0.1, 0.15) is 4.83 Å². The third-order valence-electron chi connectivity index (χ3n) is 2.54. The van der Waals surface area contributed by atoms with Crippen molar-refractivity contribution in [1.82, 2.24) is 0 Å². The second kappa shape index (κ2) is 11.7. The lowest BCUT2D eigenvalue weighted by atomic mass is 10.3. The Morgan fingerprint density at radius 1 is 1.05 bits per heavy atom. The van der Waals surface area contributed by atoms with Gasteiger partial charge in [-0.2, -0.15) is 0 Å². The van der Waals surface area contributed by atoms with Crippen LogP contribution in [0.1, 0.15) is 40.5 Å². The summed E-state index contributed by atoms with van der Waals surface area (Å²) >= 11 is 3.17. The van der Waals surface area contributed by atoms with Crippen LogP contribution >= 0.6 is 15.9 Å². The number of rotatable bonds is 12. The summed E-state index contributed by atoms with van der Waals surface area (Å²) in [5.74, 6) is -0.229. The first-order chi connectivity index (χ1) is 9.51. The highest BCUT2D eigenvalue weighted by Gasteiger charge is 2.39. The smallest absolute Gasteiger partial charge is 0.465 e. The fraction of sp³-hybridized carbons (Fsp3) is 0.923. The molecule has 0 amide bonds. The van der Waals surface area contributed by atoms with E-state index < -0.39 is 8.80 Å². The molecule has 5 nitrogen and oxygen atoms in total. The van der Waals surface area contributed by atoms with Crippen LogP contribution in [0.5, 0.6) is 0 Å². The average Bonchev–Trinajstić information content (AvgIpc) is 2.39. The number of esters is 1. The summed E-state index contributed by atoms with van der Waals surface area (Å²) in [4.78, 5) is 11.0. The molecule has 0 bridgehead atoms. The number of alkyl halides is 1. The van der Waals surface area contributed by atoms with Crippen molar-refractivity contribution in [2.45, 2.75) is 51.4 Å². The molecule has 0 fully saturated rings. The number of carbonyl (C=O) groups excluding carboxylic acids is 1. The number of unbranched alkanes of at least 4 members (excludes halogenated alkanes) is 1. The quantitative estimate of drug-likeness (QED) is 0.228. The molecule has 0 aromatic carbocycles. The Morgan fingerprint density at radius 2 is 1.55 bits per heavy atom. The van der Waals surface area contributed by atoms with Crippen molar-refractivity contribution >= 4 is 30.7 Å². The minimum absolute atomic E-state index is 0.229. The van der Waals surface area contributed by atoms with E-state index in [9.17, 15) is 4.79 Å². The molecule has 0 aromatic rings. The van der Waals surface area contributed by atoms with Crippen LogP contribution in [0, 0.1) is 0 Å². The van der Waals surface area contributed by atoms with Gasteiger partial charge in [-0.05, 0) is 40.5 Å². The van der Waals surface area contributed by atoms with Gasteiger partial charge in [0, 0.05) is 25.9 Å². The van der Waals surface area contributed by atoms with Gasteiger partial charge in [0.05, 0.1) is 6.61 Å². The maximum atomic E-state index is 11.3. The monoisotopic (exact) mass is 370 g/mol. The molecule has 0 saturated heterocycles. The second-order valence-electron chi connectivity index (χ2n) is 4.22. The maximum absolute atomic E-state index is 11.3. The Morgan fingerprint density at radius 3 is 1.95 bits per heavy atom. The van der Waals surface area contributed by atoms with Crippen LogP contribution in [0.25, 0.3) is 0 Å². The summed E-state index contributed by atoms with van der Waals surface area (Å²) in [6.07, 6.45) is 1.64. The number of carbonyl (C=O) groups is 1. The van der Waals surface area contributed by atoms with E-state index in [1.54, 1.807) is 6.92 Å². The first-order valence-electron chi connectivity index (χ1n) is 7.23. The molecule has 0 radical (unpaired) electrons. The van der Waals surface area contributed by atoms with Crippen LogP contribution in [0.15, 0.2) is 0 Å². The van der Waals surface area contributed by atoms with E-state index >= 15 is 0 Å². The highest BCUT2D eigenvalue weighted by atomic mass is 79.9. The molecular formula is C13H27BrO5Si. The lowest BCUT2D eigenvalue weighted by Crippen LogP contribution is -2.45. The molecule has 120 valence electrons. The van der Waals surface area contributed by atoms with E-state index in [2.05, 4.69) is 15.9 Å². The van der Waals surface area contributed by atoms with Crippen LogP contribution in [-0.2, 0) is 22.8 Å². The molecule has 0 aliphatic rings. The largest absolute Gasteiger partial charge is 0.500 e. The van der Waals surface area contributed by atoms with Crippen LogP contribution in [0.4, 0.5) is 0 Å². The van der Waals surface area contributed by atoms with E-state index in [-0.39, 0.29) is 10.8 Å². The average molecular weight is 371 g/mol. The van der Waals surface area contributed by atoms with Crippen LogP contribution in [-0.4, -0.2) is 46.0 Å². The molecule has 20 heavy (non-hydrogen) atoms. The van der Waals surface area contributed by atoms with Crippen molar-refractivity contribution in [3.8, 4) is 0 Å². The number of ether oxygens (including phenoxy) is 1. The number of hydrogen-bond donors (Lipinski definition) is 0. The SMILES string of the molecule is CCO[Si](CCCCOC(=O)C(C)Br)(OCC)OCC. The molecule has 0 aliphatic heterocycles. The third kappa shape index (κ3) is 8.36. The zero-order chi connectivity index (χ0) is 15.4. The lowest BCUT2D eigenvalue weighted by Gasteiger charge is -2.28. The van der Waals surface area contributed by atoms with Gasteiger partial charge in [0.25, 0.3) is 0 Å². The Hall–Kier alpha value is 0.0469. The molecule has 1 atom stereocenters. The van der Waals surface area contributed by atoms with Gasteiger partial charge < -0.3 is 18.0 Å². The van der Waals surface area contributed by atoms with Gasteiger partial charge in [-0.25, -0.2) is 0 Å². The van der Waals surface area contributed by atoms with E-state index in [0.29, 0.717) is 26.4 Å². The fourth-order valence-electron chi connectivity index (χ4n) is 1.73. The highest BCUT2D eigenvalue weighted by molar-refractivity contribution is 9.10. The van der Waals surface area contributed by atoms with Crippen molar-refractivity contribution in [3.05, 3.63) is 0 Å². The lowest BCUT2D eigenvalue weighted by molar-refractivity contribution is -0.142. The first-order valence-corrected chi connectivity index (χ1v) is 10.1. The Bertz CT molecular complexity index is 246. The van der Waals surface area contributed by atoms with Gasteiger partial charge in [-0.1, -0.05) is 15.9 Å². The molecular weight excluding hydrogens is 344 g/mol. The van der Waals surface area contributed by atoms with Crippen molar-refractivity contribution in [2.75, 3.05) is 26.4 Å². The minimum atomic E-state index is -2.54. The predicted molar refractivity (Wildman–Crippen MR) is 84.0 cm³/mol. The van der Waals surface area contributed by atoms with E-state index in [1.807, 2.05) is 20.8 Å². The Kier molecular flexibility index (Phi) is 11.7. The normalized spacial score (nSPS) is 13.2. The fourth-order valence-corrected chi connectivity index (χ4v) is 4.55. The second-order valence-corrected chi connectivity index (χ2v) is 8.33. The summed E-state index contributed by atoms with van der Waals surface area (Å²) in [6, 6.07) is 0.754. The van der Waals surface area contributed by atoms with Gasteiger partial charge in [-0.15, -0.1) is 0 Å². The summed E-state index contributed by atoms with van der Waals surface area (Å²) < 4.78 is 22.4. The summed E-state index contributed by atoms with van der Waals surface area (Å²) in [5, 5.41) is 0. The van der Waals surface area contributed by atoms with Crippen molar-refractivity contribution < 1.29 is 22.8 Å². The zero-order valence-corrected chi connectivity index (χ0v) is 15.5. The highest BCUT2D eigenvalue weighted by Crippen LogP contribution is 2.19. The number of hydrogen-bond acceptors (Lipinski definition) is 5.